The quantitative estimate of drug-likeness (QED) is 0.687. The number of nitrogens with one attached hydrogen (secondary N) is 2. The highest BCUT2D eigenvalue weighted by Gasteiger charge is 2.04. The summed E-state index contributed by atoms with van der Waals surface area (Å²) >= 11 is 0. The number of hydrogen-bond acceptors (Lipinski definition) is 5. The molecule has 0 radical (unpaired) electrons. The average Bonchev–Trinajstić information content (AvgIpc) is 2.61. The van der Waals surface area contributed by atoms with Gasteiger partial charge in [0.2, 0.25) is 0 Å². The Bertz CT molecular complexity index is 813. The van der Waals surface area contributed by atoms with Crippen LogP contribution in [0.25, 0.3) is 0 Å². The van der Waals surface area contributed by atoms with Crippen LogP contribution in [0.15, 0.2) is 54.9 Å². The first-order chi connectivity index (χ1) is 12.1. The zero-order chi connectivity index (χ0) is 17.6. The van der Waals surface area contributed by atoms with Gasteiger partial charge in [-0.25, -0.2) is 9.97 Å². The third-order valence-corrected chi connectivity index (χ3v) is 3.91. The Balaban J connectivity index is 1.70. The maximum absolute atomic E-state index is 4.47. The van der Waals surface area contributed by atoms with Crippen molar-refractivity contribution in [2.45, 2.75) is 33.2 Å². The van der Waals surface area contributed by atoms with Crippen LogP contribution in [0.5, 0.6) is 0 Å². The van der Waals surface area contributed by atoms with Crippen LogP contribution in [0, 0.1) is 6.92 Å². The van der Waals surface area contributed by atoms with E-state index in [1.165, 1.54) is 5.56 Å². The molecule has 0 aliphatic heterocycles. The summed E-state index contributed by atoms with van der Waals surface area (Å²) in [6, 6.07) is 14.3. The normalized spacial score (nSPS) is 10.7. The molecule has 25 heavy (non-hydrogen) atoms. The molecule has 0 saturated heterocycles. The van der Waals surface area contributed by atoms with Crippen molar-refractivity contribution >= 4 is 17.3 Å². The molecule has 2 aromatic heterocycles. The average molecular weight is 333 g/mol. The van der Waals surface area contributed by atoms with Crippen molar-refractivity contribution < 1.29 is 0 Å². The van der Waals surface area contributed by atoms with E-state index in [1.54, 1.807) is 12.4 Å². The lowest BCUT2D eigenvalue weighted by atomic mass is 10.0. The zero-order valence-electron chi connectivity index (χ0n) is 14.8. The summed E-state index contributed by atoms with van der Waals surface area (Å²) in [5, 5.41) is 6.68. The van der Waals surface area contributed by atoms with Gasteiger partial charge in [-0.1, -0.05) is 26.0 Å². The van der Waals surface area contributed by atoms with Crippen LogP contribution < -0.4 is 10.6 Å². The molecule has 5 heteroatoms. The Labute approximate surface area is 148 Å². The van der Waals surface area contributed by atoms with Crippen LogP contribution in [0.1, 0.15) is 36.7 Å². The molecule has 2 heterocycles. The minimum atomic E-state index is 0.527. The minimum Gasteiger partial charge on any atom is -0.366 e. The molecular weight excluding hydrogens is 310 g/mol. The Kier molecular flexibility index (Phi) is 5.23. The SMILES string of the molecule is Cc1nc(NCc2ccncc2)cc(Nc2ccc(C(C)C)cc2)n1. The lowest BCUT2D eigenvalue weighted by Gasteiger charge is -2.11. The molecule has 5 nitrogen and oxygen atoms in total. The molecule has 0 atom stereocenters. The van der Waals surface area contributed by atoms with Gasteiger partial charge < -0.3 is 10.6 Å². The number of pyridine rings is 1. The fourth-order valence-corrected chi connectivity index (χ4v) is 2.51. The fourth-order valence-electron chi connectivity index (χ4n) is 2.51. The molecular formula is C20H23N5. The summed E-state index contributed by atoms with van der Waals surface area (Å²) in [5.41, 5.74) is 3.50. The smallest absolute Gasteiger partial charge is 0.136 e. The maximum atomic E-state index is 4.47. The second-order valence-electron chi connectivity index (χ2n) is 6.30. The summed E-state index contributed by atoms with van der Waals surface area (Å²) in [6.45, 7) is 6.97. The zero-order valence-corrected chi connectivity index (χ0v) is 14.8. The first-order valence-electron chi connectivity index (χ1n) is 8.45. The van der Waals surface area contributed by atoms with Gasteiger partial charge in [-0.15, -0.1) is 0 Å². The van der Waals surface area contributed by atoms with Gasteiger partial charge in [-0.3, -0.25) is 4.98 Å². The molecule has 0 bridgehead atoms. The molecule has 0 amide bonds. The Morgan fingerprint density at radius 2 is 1.60 bits per heavy atom. The molecule has 128 valence electrons. The van der Waals surface area contributed by atoms with E-state index in [4.69, 9.17) is 0 Å². The van der Waals surface area contributed by atoms with Gasteiger partial charge in [0.05, 0.1) is 0 Å². The summed E-state index contributed by atoms with van der Waals surface area (Å²) < 4.78 is 0. The van der Waals surface area contributed by atoms with Crippen molar-refractivity contribution in [3.05, 3.63) is 71.8 Å². The molecule has 3 aromatic rings. The van der Waals surface area contributed by atoms with Crippen LogP contribution >= 0.6 is 0 Å². The molecule has 0 spiro atoms. The summed E-state index contributed by atoms with van der Waals surface area (Å²) in [5.74, 6) is 2.83. The highest BCUT2D eigenvalue weighted by molar-refractivity contribution is 5.59. The highest BCUT2D eigenvalue weighted by Crippen LogP contribution is 2.21. The Morgan fingerprint density at radius 1 is 0.920 bits per heavy atom. The number of benzene rings is 1. The standard InChI is InChI=1S/C20H23N5/c1-14(2)17-4-6-18(7-5-17)25-20-12-19(23-15(3)24-20)22-13-16-8-10-21-11-9-16/h4-12,14H,13H2,1-3H3,(H2,22,23,24,25). The highest BCUT2D eigenvalue weighted by atomic mass is 15.1. The molecule has 0 saturated carbocycles. The summed E-state index contributed by atoms with van der Waals surface area (Å²) in [7, 11) is 0. The largest absolute Gasteiger partial charge is 0.366 e. The van der Waals surface area contributed by atoms with Crippen molar-refractivity contribution in [3.8, 4) is 0 Å². The van der Waals surface area contributed by atoms with Gasteiger partial charge in [0.1, 0.15) is 17.5 Å². The number of hydrogen-bond donors (Lipinski definition) is 2. The van der Waals surface area contributed by atoms with Gasteiger partial charge >= 0.3 is 0 Å². The van der Waals surface area contributed by atoms with E-state index < -0.39 is 0 Å². The van der Waals surface area contributed by atoms with Crippen LogP contribution in [0.4, 0.5) is 17.3 Å². The third kappa shape index (κ3) is 4.76. The molecule has 1 aromatic carbocycles. The van der Waals surface area contributed by atoms with E-state index in [9.17, 15) is 0 Å². The Hall–Kier alpha value is -2.95. The molecule has 0 aliphatic carbocycles. The topological polar surface area (TPSA) is 62.7 Å². The first kappa shape index (κ1) is 16.9. The number of aromatic nitrogens is 3. The molecule has 3 rings (SSSR count). The predicted molar refractivity (Wildman–Crippen MR) is 102 cm³/mol. The minimum absolute atomic E-state index is 0.527. The van der Waals surface area contributed by atoms with E-state index in [-0.39, 0.29) is 0 Å². The van der Waals surface area contributed by atoms with Crippen molar-refractivity contribution in [3.63, 3.8) is 0 Å². The van der Waals surface area contributed by atoms with E-state index in [1.807, 2.05) is 25.1 Å². The molecule has 0 unspecified atom stereocenters. The summed E-state index contributed by atoms with van der Waals surface area (Å²) in [6.07, 6.45) is 3.58. The van der Waals surface area contributed by atoms with Crippen molar-refractivity contribution in [2.75, 3.05) is 10.6 Å². The number of anilines is 3. The molecule has 0 aliphatic rings. The van der Waals surface area contributed by atoms with Crippen LogP contribution in [-0.2, 0) is 6.54 Å². The van der Waals surface area contributed by atoms with Gasteiger partial charge in [-0.2, -0.15) is 0 Å². The van der Waals surface area contributed by atoms with E-state index >= 15 is 0 Å². The van der Waals surface area contributed by atoms with Crippen molar-refractivity contribution in [1.29, 1.82) is 0 Å². The summed E-state index contributed by atoms with van der Waals surface area (Å²) in [4.78, 5) is 12.9. The fraction of sp³-hybridized carbons (Fsp3) is 0.250. The second-order valence-corrected chi connectivity index (χ2v) is 6.30. The van der Waals surface area contributed by atoms with Gasteiger partial charge in [0.15, 0.2) is 0 Å². The lowest BCUT2D eigenvalue weighted by molar-refractivity contribution is 0.867. The van der Waals surface area contributed by atoms with Crippen molar-refractivity contribution in [2.24, 2.45) is 0 Å². The second kappa shape index (κ2) is 7.75. The monoisotopic (exact) mass is 333 g/mol. The third-order valence-electron chi connectivity index (χ3n) is 3.91. The number of aryl methyl sites for hydroxylation is 1. The van der Waals surface area contributed by atoms with Gasteiger partial charge in [0, 0.05) is 30.7 Å². The van der Waals surface area contributed by atoms with Crippen LogP contribution in [-0.4, -0.2) is 15.0 Å². The maximum Gasteiger partial charge on any atom is 0.136 e. The van der Waals surface area contributed by atoms with Gasteiger partial charge in [0.25, 0.3) is 0 Å². The predicted octanol–water partition coefficient (Wildman–Crippen LogP) is 4.66. The Morgan fingerprint density at radius 3 is 2.28 bits per heavy atom. The van der Waals surface area contributed by atoms with Crippen LogP contribution in [0.3, 0.4) is 0 Å². The first-order valence-corrected chi connectivity index (χ1v) is 8.45. The molecule has 0 fully saturated rings. The number of nitrogens with zero attached hydrogens (tertiary/aromatic N) is 3. The molecule has 2 N–H and O–H groups in total. The van der Waals surface area contributed by atoms with E-state index in [2.05, 4.69) is 63.7 Å². The van der Waals surface area contributed by atoms with Gasteiger partial charge in [-0.05, 0) is 48.2 Å². The lowest BCUT2D eigenvalue weighted by Crippen LogP contribution is -2.05. The van der Waals surface area contributed by atoms with E-state index in [0.29, 0.717) is 12.5 Å². The van der Waals surface area contributed by atoms with Crippen LogP contribution in [0.2, 0.25) is 0 Å². The number of rotatable bonds is 6. The van der Waals surface area contributed by atoms with Crippen molar-refractivity contribution in [1.82, 2.24) is 15.0 Å². The van der Waals surface area contributed by atoms with E-state index in [0.717, 1.165) is 28.7 Å².